The summed E-state index contributed by atoms with van der Waals surface area (Å²) in [6.07, 6.45) is 1.76. The maximum Gasteiger partial charge on any atom is 0.237 e. The number of rotatable bonds is 2. The second-order valence-electron chi connectivity index (χ2n) is 6.76. The standard InChI is InChI=1S/C20H18ClN3O2/c1-12-7-17-18(8-13(12)2)24(11-22-17)20(26)14-9-19(25)23(10-14)16-5-3-15(21)4-6-16/h3-8,11,14H,9-10H2,1-2H3/t14-/m1/s1. The van der Waals surface area contributed by atoms with Crippen molar-refractivity contribution in [2.24, 2.45) is 5.92 Å². The monoisotopic (exact) mass is 367 g/mol. The van der Waals surface area contributed by atoms with Crippen LogP contribution in [0.15, 0.2) is 42.7 Å². The molecule has 0 aliphatic carbocycles. The van der Waals surface area contributed by atoms with E-state index in [1.54, 1.807) is 40.1 Å². The van der Waals surface area contributed by atoms with E-state index in [2.05, 4.69) is 4.98 Å². The van der Waals surface area contributed by atoms with Crippen LogP contribution < -0.4 is 4.90 Å². The number of amides is 1. The van der Waals surface area contributed by atoms with Gasteiger partial charge < -0.3 is 4.90 Å². The average molecular weight is 368 g/mol. The van der Waals surface area contributed by atoms with Crippen molar-refractivity contribution < 1.29 is 9.59 Å². The molecule has 1 aliphatic heterocycles. The predicted molar refractivity (Wildman–Crippen MR) is 102 cm³/mol. The van der Waals surface area contributed by atoms with E-state index in [9.17, 15) is 9.59 Å². The van der Waals surface area contributed by atoms with Gasteiger partial charge in [0.2, 0.25) is 11.8 Å². The maximum atomic E-state index is 13.0. The van der Waals surface area contributed by atoms with Gasteiger partial charge in [0.15, 0.2) is 0 Å². The molecule has 6 heteroatoms. The fourth-order valence-corrected chi connectivity index (χ4v) is 3.51. The number of fused-ring (bicyclic) bond motifs is 1. The van der Waals surface area contributed by atoms with E-state index in [1.807, 2.05) is 26.0 Å². The Balaban J connectivity index is 1.62. The Morgan fingerprint density at radius 1 is 1.15 bits per heavy atom. The minimum Gasteiger partial charge on any atom is -0.312 e. The number of hydrogen-bond donors (Lipinski definition) is 0. The number of aryl methyl sites for hydroxylation is 2. The van der Waals surface area contributed by atoms with Crippen molar-refractivity contribution in [3.05, 3.63) is 58.9 Å². The molecule has 2 heterocycles. The number of nitrogens with zero attached hydrogens (tertiary/aromatic N) is 3. The van der Waals surface area contributed by atoms with Crippen molar-refractivity contribution >= 4 is 40.1 Å². The molecular weight excluding hydrogens is 350 g/mol. The molecule has 0 N–H and O–H groups in total. The van der Waals surface area contributed by atoms with Crippen LogP contribution in [0.3, 0.4) is 0 Å². The number of carbonyl (C=O) groups excluding carboxylic acids is 2. The van der Waals surface area contributed by atoms with E-state index in [0.29, 0.717) is 11.6 Å². The highest BCUT2D eigenvalue weighted by molar-refractivity contribution is 6.30. The summed E-state index contributed by atoms with van der Waals surface area (Å²) in [5.41, 5.74) is 4.59. The Labute approximate surface area is 156 Å². The van der Waals surface area contributed by atoms with Gasteiger partial charge in [0.1, 0.15) is 6.33 Å². The molecule has 0 radical (unpaired) electrons. The van der Waals surface area contributed by atoms with Crippen LogP contribution in [0.25, 0.3) is 11.0 Å². The van der Waals surface area contributed by atoms with Crippen LogP contribution in [-0.2, 0) is 4.79 Å². The third-order valence-corrected chi connectivity index (χ3v) is 5.26. The zero-order valence-corrected chi connectivity index (χ0v) is 15.3. The number of hydrogen-bond acceptors (Lipinski definition) is 3. The first-order valence-electron chi connectivity index (χ1n) is 8.48. The lowest BCUT2D eigenvalue weighted by Crippen LogP contribution is -2.27. The van der Waals surface area contributed by atoms with Gasteiger partial charge in [-0.3, -0.25) is 14.2 Å². The van der Waals surface area contributed by atoms with Crippen LogP contribution >= 0.6 is 11.6 Å². The van der Waals surface area contributed by atoms with Gasteiger partial charge in [0, 0.05) is 23.7 Å². The molecule has 26 heavy (non-hydrogen) atoms. The van der Waals surface area contributed by atoms with Crippen molar-refractivity contribution in [3.8, 4) is 0 Å². The molecule has 0 bridgehead atoms. The van der Waals surface area contributed by atoms with Gasteiger partial charge in [0.05, 0.1) is 17.0 Å². The van der Waals surface area contributed by atoms with Crippen molar-refractivity contribution in [1.29, 1.82) is 0 Å². The quantitative estimate of drug-likeness (QED) is 0.688. The third-order valence-electron chi connectivity index (χ3n) is 5.01. The molecular formula is C20H18ClN3O2. The lowest BCUT2D eigenvalue weighted by atomic mass is 10.1. The summed E-state index contributed by atoms with van der Waals surface area (Å²) in [6, 6.07) is 11.0. The number of benzene rings is 2. The van der Waals surface area contributed by atoms with Crippen LogP contribution in [0.4, 0.5) is 5.69 Å². The van der Waals surface area contributed by atoms with Crippen LogP contribution in [0.1, 0.15) is 22.3 Å². The first kappa shape index (κ1) is 16.8. The predicted octanol–water partition coefficient (Wildman–Crippen LogP) is 4.00. The minimum atomic E-state index is -0.391. The molecule has 0 saturated carbocycles. The van der Waals surface area contributed by atoms with Gasteiger partial charge >= 0.3 is 0 Å². The Morgan fingerprint density at radius 3 is 2.58 bits per heavy atom. The summed E-state index contributed by atoms with van der Waals surface area (Å²) in [6.45, 7) is 4.40. The Hall–Kier alpha value is -2.66. The number of anilines is 1. The highest BCUT2D eigenvalue weighted by Crippen LogP contribution is 2.28. The Kier molecular flexibility index (Phi) is 4.04. The van der Waals surface area contributed by atoms with Crippen LogP contribution in [-0.4, -0.2) is 27.9 Å². The molecule has 3 aromatic rings. The normalized spacial score (nSPS) is 17.3. The van der Waals surface area contributed by atoms with E-state index in [4.69, 9.17) is 11.6 Å². The molecule has 1 atom stereocenters. The van der Waals surface area contributed by atoms with Crippen LogP contribution in [0, 0.1) is 19.8 Å². The van der Waals surface area contributed by atoms with E-state index in [0.717, 1.165) is 27.8 Å². The van der Waals surface area contributed by atoms with E-state index in [-0.39, 0.29) is 18.2 Å². The molecule has 0 spiro atoms. The average Bonchev–Trinajstić information content (AvgIpc) is 3.19. The minimum absolute atomic E-state index is 0.0536. The fourth-order valence-electron chi connectivity index (χ4n) is 3.38. The first-order chi connectivity index (χ1) is 12.4. The second kappa shape index (κ2) is 6.25. The van der Waals surface area contributed by atoms with Crippen LogP contribution in [0.5, 0.6) is 0 Å². The molecule has 132 valence electrons. The van der Waals surface area contributed by atoms with Gasteiger partial charge in [-0.2, -0.15) is 0 Å². The van der Waals surface area contributed by atoms with E-state index >= 15 is 0 Å². The third kappa shape index (κ3) is 2.78. The number of aromatic nitrogens is 2. The van der Waals surface area contributed by atoms with Gasteiger partial charge in [-0.15, -0.1) is 0 Å². The van der Waals surface area contributed by atoms with Gasteiger partial charge in [-0.1, -0.05) is 11.6 Å². The molecule has 1 amide bonds. The summed E-state index contributed by atoms with van der Waals surface area (Å²) >= 11 is 5.91. The first-order valence-corrected chi connectivity index (χ1v) is 8.86. The SMILES string of the molecule is Cc1cc2ncn(C(=O)[C@@H]3CC(=O)N(c4ccc(Cl)cc4)C3)c2cc1C. The smallest absolute Gasteiger partial charge is 0.237 e. The highest BCUT2D eigenvalue weighted by Gasteiger charge is 2.36. The Morgan fingerprint density at radius 2 is 1.85 bits per heavy atom. The molecule has 1 fully saturated rings. The summed E-state index contributed by atoms with van der Waals surface area (Å²) in [4.78, 5) is 31.4. The van der Waals surface area contributed by atoms with E-state index < -0.39 is 5.92 Å². The molecule has 1 saturated heterocycles. The lowest BCUT2D eigenvalue weighted by Gasteiger charge is -2.16. The second-order valence-corrected chi connectivity index (χ2v) is 7.20. The zero-order valence-electron chi connectivity index (χ0n) is 14.6. The fraction of sp³-hybridized carbons (Fsp3) is 0.250. The highest BCUT2D eigenvalue weighted by atomic mass is 35.5. The largest absolute Gasteiger partial charge is 0.312 e. The number of halogens is 1. The number of imidazole rings is 1. The van der Waals surface area contributed by atoms with Gasteiger partial charge in [-0.05, 0) is 61.4 Å². The molecule has 1 aromatic heterocycles. The molecule has 2 aromatic carbocycles. The number of carbonyl (C=O) groups is 2. The molecule has 4 rings (SSSR count). The maximum absolute atomic E-state index is 13.0. The summed E-state index contributed by atoms with van der Waals surface area (Å²) in [7, 11) is 0. The van der Waals surface area contributed by atoms with Gasteiger partial charge in [-0.25, -0.2) is 4.98 Å². The van der Waals surface area contributed by atoms with E-state index in [1.165, 1.54) is 0 Å². The lowest BCUT2D eigenvalue weighted by molar-refractivity contribution is -0.117. The molecule has 0 unspecified atom stereocenters. The van der Waals surface area contributed by atoms with Gasteiger partial charge in [0.25, 0.3) is 0 Å². The summed E-state index contributed by atoms with van der Waals surface area (Å²) < 4.78 is 1.57. The summed E-state index contributed by atoms with van der Waals surface area (Å²) in [5.74, 6) is -0.542. The van der Waals surface area contributed by atoms with Crippen LogP contribution in [0.2, 0.25) is 5.02 Å². The van der Waals surface area contributed by atoms with Crippen molar-refractivity contribution in [1.82, 2.24) is 9.55 Å². The molecule has 5 nitrogen and oxygen atoms in total. The van der Waals surface area contributed by atoms with Crippen molar-refractivity contribution in [3.63, 3.8) is 0 Å². The van der Waals surface area contributed by atoms with Crippen molar-refractivity contribution in [2.75, 3.05) is 11.4 Å². The molecule has 1 aliphatic rings. The Bertz CT molecular complexity index is 1020. The van der Waals surface area contributed by atoms with Crippen molar-refractivity contribution in [2.45, 2.75) is 20.3 Å². The topological polar surface area (TPSA) is 55.2 Å². The summed E-state index contributed by atoms with van der Waals surface area (Å²) in [5, 5.41) is 0.614. The zero-order chi connectivity index (χ0) is 18.4.